The molecule has 2 aromatic rings. The van der Waals surface area contributed by atoms with Crippen LogP contribution in [0.4, 0.5) is 0 Å². The van der Waals surface area contributed by atoms with Crippen molar-refractivity contribution in [2.45, 2.75) is 33.4 Å². The lowest BCUT2D eigenvalue weighted by atomic mass is 10.2. The van der Waals surface area contributed by atoms with Crippen molar-refractivity contribution in [3.05, 3.63) is 39.8 Å². The fraction of sp³-hybridized carbons (Fsp3) is 0.462. The Morgan fingerprint density at radius 2 is 2.29 bits per heavy atom. The Balaban J connectivity index is 1.65. The molecule has 2 aromatic heterocycles. The Bertz CT molecular complexity index is 445. The van der Waals surface area contributed by atoms with Crippen LogP contribution in [0.15, 0.2) is 24.5 Å². The largest absolute Gasteiger partial charge is 0.313 e. The summed E-state index contributed by atoms with van der Waals surface area (Å²) in [6.45, 7) is 7.36. The fourth-order valence-electron chi connectivity index (χ4n) is 1.88. The quantitative estimate of drug-likeness (QED) is 0.798. The van der Waals surface area contributed by atoms with Crippen molar-refractivity contribution in [2.75, 3.05) is 6.54 Å². The fourth-order valence-corrected chi connectivity index (χ4v) is 2.83. The molecule has 0 amide bonds. The van der Waals surface area contributed by atoms with Crippen molar-refractivity contribution in [1.82, 2.24) is 15.1 Å². The smallest absolute Gasteiger partial charge is 0.0489 e. The lowest BCUT2D eigenvalue weighted by molar-refractivity contribution is 0.543. The normalized spacial score (nSPS) is 10.9. The Labute approximate surface area is 106 Å². The third kappa shape index (κ3) is 3.68. The van der Waals surface area contributed by atoms with Gasteiger partial charge < -0.3 is 5.32 Å². The highest BCUT2D eigenvalue weighted by Gasteiger charge is 2.01. The standard InChI is InChI=1S/C13H19N3S/c1-11-9-13(12(2)17-11)10-14-5-3-7-16-8-4-6-15-16/h4,6,8-9,14H,3,5,7,10H2,1-2H3. The van der Waals surface area contributed by atoms with Crippen LogP contribution < -0.4 is 5.32 Å². The first-order valence-corrected chi connectivity index (χ1v) is 6.81. The number of nitrogens with one attached hydrogen (secondary N) is 1. The Kier molecular flexibility index (Phi) is 4.34. The summed E-state index contributed by atoms with van der Waals surface area (Å²) < 4.78 is 1.97. The molecule has 1 N–H and O–H groups in total. The zero-order valence-corrected chi connectivity index (χ0v) is 11.3. The van der Waals surface area contributed by atoms with Crippen LogP contribution in [0.5, 0.6) is 0 Å². The topological polar surface area (TPSA) is 29.9 Å². The molecule has 0 radical (unpaired) electrons. The Hall–Kier alpha value is -1.13. The van der Waals surface area contributed by atoms with E-state index in [1.165, 1.54) is 15.3 Å². The second-order valence-electron chi connectivity index (χ2n) is 4.24. The second kappa shape index (κ2) is 5.98. The van der Waals surface area contributed by atoms with E-state index in [4.69, 9.17) is 0 Å². The average molecular weight is 249 g/mol. The third-order valence-electron chi connectivity index (χ3n) is 2.76. The molecule has 3 nitrogen and oxygen atoms in total. The molecule has 0 aliphatic rings. The van der Waals surface area contributed by atoms with E-state index in [2.05, 4.69) is 30.3 Å². The molecule has 0 atom stereocenters. The molecule has 0 spiro atoms. The highest BCUT2D eigenvalue weighted by Crippen LogP contribution is 2.20. The van der Waals surface area contributed by atoms with Crippen LogP contribution in [0.25, 0.3) is 0 Å². The molecular weight excluding hydrogens is 230 g/mol. The van der Waals surface area contributed by atoms with Gasteiger partial charge in [0.1, 0.15) is 0 Å². The molecular formula is C13H19N3S. The number of aryl methyl sites for hydroxylation is 3. The van der Waals surface area contributed by atoms with Gasteiger partial charge in [-0.15, -0.1) is 11.3 Å². The maximum Gasteiger partial charge on any atom is 0.0489 e. The Morgan fingerprint density at radius 3 is 2.94 bits per heavy atom. The third-order valence-corrected chi connectivity index (χ3v) is 3.77. The molecule has 2 heterocycles. The Morgan fingerprint density at radius 1 is 1.41 bits per heavy atom. The zero-order chi connectivity index (χ0) is 12.1. The van der Waals surface area contributed by atoms with Gasteiger partial charge in [0.05, 0.1) is 0 Å². The van der Waals surface area contributed by atoms with Crippen LogP contribution in [0.1, 0.15) is 21.7 Å². The van der Waals surface area contributed by atoms with Crippen LogP contribution in [0, 0.1) is 13.8 Å². The van der Waals surface area contributed by atoms with Crippen LogP contribution in [0.3, 0.4) is 0 Å². The monoisotopic (exact) mass is 249 g/mol. The van der Waals surface area contributed by atoms with Gasteiger partial charge in [-0.05, 0) is 44.5 Å². The van der Waals surface area contributed by atoms with Gasteiger partial charge in [-0.3, -0.25) is 4.68 Å². The number of hydrogen-bond acceptors (Lipinski definition) is 3. The van der Waals surface area contributed by atoms with Gasteiger partial charge in [0, 0.05) is 35.2 Å². The van der Waals surface area contributed by atoms with Gasteiger partial charge in [-0.1, -0.05) is 0 Å². The van der Waals surface area contributed by atoms with Gasteiger partial charge >= 0.3 is 0 Å². The average Bonchev–Trinajstić information content (AvgIpc) is 2.89. The molecule has 92 valence electrons. The van der Waals surface area contributed by atoms with E-state index in [0.717, 1.165) is 26.1 Å². The summed E-state index contributed by atoms with van der Waals surface area (Å²) in [5.74, 6) is 0. The predicted octanol–water partition coefficient (Wildman–Crippen LogP) is 2.74. The van der Waals surface area contributed by atoms with Gasteiger partial charge in [0.25, 0.3) is 0 Å². The first-order chi connectivity index (χ1) is 8.25. The molecule has 4 heteroatoms. The number of aromatic nitrogens is 2. The van der Waals surface area contributed by atoms with E-state index >= 15 is 0 Å². The van der Waals surface area contributed by atoms with Gasteiger partial charge in [-0.2, -0.15) is 5.10 Å². The van der Waals surface area contributed by atoms with Crippen molar-refractivity contribution >= 4 is 11.3 Å². The molecule has 0 saturated heterocycles. The predicted molar refractivity (Wildman–Crippen MR) is 72.3 cm³/mol. The second-order valence-corrected chi connectivity index (χ2v) is 5.70. The van der Waals surface area contributed by atoms with Crippen LogP contribution in [-0.2, 0) is 13.1 Å². The summed E-state index contributed by atoms with van der Waals surface area (Å²) in [5, 5.41) is 7.66. The van der Waals surface area contributed by atoms with E-state index in [0.29, 0.717) is 0 Å². The molecule has 0 aromatic carbocycles. The summed E-state index contributed by atoms with van der Waals surface area (Å²) in [6.07, 6.45) is 4.95. The summed E-state index contributed by atoms with van der Waals surface area (Å²) in [5.41, 5.74) is 1.44. The van der Waals surface area contributed by atoms with E-state index in [-0.39, 0.29) is 0 Å². The number of thiophene rings is 1. The summed E-state index contributed by atoms with van der Waals surface area (Å²) in [6, 6.07) is 4.24. The van der Waals surface area contributed by atoms with Crippen LogP contribution in [-0.4, -0.2) is 16.3 Å². The van der Waals surface area contributed by atoms with Crippen LogP contribution >= 0.6 is 11.3 Å². The summed E-state index contributed by atoms with van der Waals surface area (Å²) in [4.78, 5) is 2.83. The molecule has 0 aliphatic carbocycles. The minimum atomic E-state index is 0.981. The zero-order valence-electron chi connectivity index (χ0n) is 10.4. The SMILES string of the molecule is Cc1cc(CNCCCn2cccn2)c(C)s1. The summed E-state index contributed by atoms with van der Waals surface area (Å²) >= 11 is 1.88. The first-order valence-electron chi connectivity index (χ1n) is 6.00. The molecule has 0 aliphatic heterocycles. The van der Waals surface area contributed by atoms with Crippen molar-refractivity contribution in [2.24, 2.45) is 0 Å². The van der Waals surface area contributed by atoms with Crippen LogP contribution in [0.2, 0.25) is 0 Å². The minimum Gasteiger partial charge on any atom is -0.313 e. The molecule has 0 saturated carbocycles. The highest BCUT2D eigenvalue weighted by atomic mass is 32.1. The lowest BCUT2D eigenvalue weighted by Gasteiger charge is -2.04. The van der Waals surface area contributed by atoms with E-state index in [9.17, 15) is 0 Å². The molecule has 2 rings (SSSR count). The minimum absolute atomic E-state index is 0.981. The van der Waals surface area contributed by atoms with Crippen molar-refractivity contribution in [3.8, 4) is 0 Å². The van der Waals surface area contributed by atoms with Gasteiger partial charge in [-0.25, -0.2) is 0 Å². The number of rotatable bonds is 6. The molecule has 0 unspecified atom stereocenters. The number of nitrogens with zero attached hydrogens (tertiary/aromatic N) is 2. The van der Waals surface area contributed by atoms with Crippen molar-refractivity contribution in [1.29, 1.82) is 0 Å². The van der Waals surface area contributed by atoms with Gasteiger partial charge in [0.15, 0.2) is 0 Å². The lowest BCUT2D eigenvalue weighted by Crippen LogP contribution is -2.16. The van der Waals surface area contributed by atoms with E-state index in [1.807, 2.05) is 34.5 Å². The van der Waals surface area contributed by atoms with E-state index in [1.54, 1.807) is 0 Å². The van der Waals surface area contributed by atoms with Gasteiger partial charge in [0.2, 0.25) is 0 Å². The highest BCUT2D eigenvalue weighted by molar-refractivity contribution is 7.12. The molecule has 0 fully saturated rings. The molecule has 17 heavy (non-hydrogen) atoms. The summed E-state index contributed by atoms with van der Waals surface area (Å²) in [7, 11) is 0. The van der Waals surface area contributed by atoms with Crippen molar-refractivity contribution in [3.63, 3.8) is 0 Å². The molecule has 0 bridgehead atoms. The number of hydrogen-bond donors (Lipinski definition) is 1. The maximum atomic E-state index is 4.18. The van der Waals surface area contributed by atoms with Crippen molar-refractivity contribution < 1.29 is 0 Å². The first kappa shape index (κ1) is 12.3. The van der Waals surface area contributed by atoms with E-state index < -0.39 is 0 Å². The maximum absolute atomic E-state index is 4.18.